The fourth-order valence-corrected chi connectivity index (χ4v) is 4.19. The van der Waals surface area contributed by atoms with E-state index in [-0.39, 0.29) is 12.5 Å². The van der Waals surface area contributed by atoms with E-state index in [0.29, 0.717) is 22.1 Å². The molecule has 1 N–H and O–H groups in total. The normalized spacial score (nSPS) is 11.1. The highest BCUT2D eigenvalue weighted by Gasteiger charge is 2.14. The summed E-state index contributed by atoms with van der Waals surface area (Å²) in [5.74, 6) is 1.85. The van der Waals surface area contributed by atoms with E-state index in [2.05, 4.69) is 25.6 Å². The zero-order valence-electron chi connectivity index (χ0n) is 17.3. The number of hydrogen-bond donors (Lipinski definition) is 1. The fraction of sp³-hybridized carbons (Fsp3) is 0.136. The molecule has 1 amide bonds. The number of rotatable bonds is 6. The molecule has 0 saturated carbocycles. The van der Waals surface area contributed by atoms with Crippen LogP contribution in [0.2, 0.25) is 0 Å². The predicted molar refractivity (Wildman–Crippen MR) is 120 cm³/mol. The quantitative estimate of drug-likeness (QED) is 0.427. The van der Waals surface area contributed by atoms with Crippen molar-refractivity contribution in [3.63, 3.8) is 0 Å². The topological polar surface area (TPSA) is 104 Å². The van der Waals surface area contributed by atoms with Crippen LogP contribution in [0.4, 0.5) is 0 Å². The van der Waals surface area contributed by atoms with Crippen molar-refractivity contribution >= 4 is 33.8 Å². The molecular weight excluding hydrogens is 428 g/mol. The number of carbonyl (C=O) groups excluding carboxylic acids is 1. The first-order valence-electron chi connectivity index (χ1n) is 9.75. The van der Waals surface area contributed by atoms with Crippen molar-refractivity contribution in [3.05, 3.63) is 65.4 Å². The Bertz CT molecular complexity index is 1440. The number of nitrogens with one attached hydrogen (secondary N) is 1. The van der Waals surface area contributed by atoms with Gasteiger partial charge in [-0.25, -0.2) is 0 Å². The Morgan fingerprint density at radius 3 is 2.88 bits per heavy atom. The summed E-state index contributed by atoms with van der Waals surface area (Å²) in [6.07, 6.45) is 1.69. The van der Waals surface area contributed by atoms with Gasteiger partial charge in [-0.15, -0.1) is 21.5 Å². The molecule has 160 valence electrons. The van der Waals surface area contributed by atoms with Gasteiger partial charge in [-0.1, -0.05) is 0 Å². The summed E-state index contributed by atoms with van der Waals surface area (Å²) in [4.78, 5) is 17.7. The lowest BCUT2D eigenvalue weighted by Gasteiger charge is -2.09. The molecule has 5 aromatic rings. The molecule has 0 unspecified atom stereocenters. The third kappa shape index (κ3) is 3.60. The molecule has 0 saturated heterocycles. The van der Waals surface area contributed by atoms with Crippen molar-refractivity contribution in [2.75, 3.05) is 14.2 Å². The molecule has 0 spiro atoms. The Hall–Kier alpha value is -4.05. The molecule has 0 aliphatic rings. The number of ether oxygens (including phenoxy) is 2. The van der Waals surface area contributed by atoms with Gasteiger partial charge in [0.2, 0.25) is 0 Å². The average Bonchev–Trinajstić information content (AvgIpc) is 3.49. The number of amides is 1. The molecular formula is C22H18N6O3S. The second-order valence-electron chi connectivity index (χ2n) is 6.83. The lowest BCUT2D eigenvalue weighted by Crippen LogP contribution is -2.15. The van der Waals surface area contributed by atoms with Gasteiger partial charge in [0.05, 0.1) is 22.4 Å². The summed E-state index contributed by atoms with van der Waals surface area (Å²) in [6, 6.07) is 14.8. The van der Waals surface area contributed by atoms with E-state index >= 15 is 0 Å². The molecule has 0 bridgehead atoms. The standard InChI is InChI=1S/C22H18N6O3S/c1-23-22(29)19-7-6-18(32-19)15-5-8-20-25-26-21(28(20)27-15)12-31-17-9-10-24-16-11-13(30-2)3-4-14(16)17/h3-11H,12H2,1-2H3,(H,23,29). The summed E-state index contributed by atoms with van der Waals surface area (Å²) < 4.78 is 13.0. The molecule has 0 aliphatic heterocycles. The van der Waals surface area contributed by atoms with Gasteiger partial charge in [0.25, 0.3) is 5.91 Å². The maximum atomic E-state index is 11.9. The van der Waals surface area contributed by atoms with Crippen LogP contribution in [0.1, 0.15) is 15.5 Å². The van der Waals surface area contributed by atoms with E-state index in [1.165, 1.54) is 11.3 Å². The minimum Gasteiger partial charge on any atom is -0.497 e. The molecule has 0 fully saturated rings. The number of methoxy groups -OCH3 is 1. The molecule has 4 heterocycles. The first-order chi connectivity index (χ1) is 15.7. The number of nitrogens with zero attached hydrogens (tertiary/aromatic N) is 5. The lowest BCUT2D eigenvalue weighted by atomic mass is 10.2. The molecule has 0 aliphatic carbocycles. The van der Waals surface area contributed by atoms with Crippen LogP contribution in [-0.2, 0) is 6.61 Å². The van der Waals surface area contributed by atoms with Crippen molar-refractivity contribution in [2.45, 2.75) is 6.61 Å². The summed E-state index contributed by atoms with van der Waals surface area (Å²) in [5.41, 5.74) is 2.11. The third-order valence-electron chi connectivity index (χ3n) is 4.90. The van der Waals surface area contributed by atoms with Crippen LogP contribution in [0.3, 0.4) is 0 Å². The molecule has 4 aromatic heterocycles. The third-order valence-corrected chi connectivity index (χ3v) is 6.01. The van der Waals surface area contributed by atoms with Crippen molar-refractivity contribution < 1.29 is 14.3 Å². The number of pyridine rings is 1. The average molecular weight is 446 g/mol. The highest BCUT2D eigenvalue weighted by molar-refractivity contribution is 7.17. The number of fused-ring (bicyclic) bond motifs is 2. The van der Waals surface area contributed by atoms with Crippen LogP contribution in [0.15, 0.2) is 54.7 Å². The maximum Gasteiger partial charge on any atom is 0.261 e. The van der Waals surface area contributed by atoms with Crippen LogP contribution in [0, 0.1) is 0 Å². The Morgan fingerprint density at radius 1 is 1.12 bits per heavy atom. The highest BCUT2D eigenvalue weighted by Crippen LogP contribution is 2.28. The molecule has 0 atom stereocenters. The van der Waals surface area contributed by atoms with Crippen molar-refractivity contribution in [2.24, 2.45) is 0 Å². The van der Waals surface area contributed by atoms with Gasteiger partial charge in [0.1, 0.15) is 23.8 Å². The van der Waals surface area contributed by atoms with E-state index in [1.807, 2.05) is 42.5 Å². The first-order valence-corrected chi connectivity index (χ1v) is 10.6. The first kappa shape index (κ1) is 19.9. The van der Waals surface area contributed by atoms with Gasteiger partial charge in [-0.05, 0) is 42.5 Å². The Kier molecular flexibility index (Phi) is 5.12. The molecule has 10 heteroatoms. The Balaban J connectivity index is 1.43. The molecule has 5 rings (SSSR count). The van der Waals surface area contributed by atoms with Crippen molar-refractivity contribution in [1.82, 2.24) is 30.1 Å². The van der Waals surface area contributed by atoms with E-state index in [4.69, 9.17) is 9.47 Å². The molecule has 32 heavy (non-hydrogen) atoms. The number of hydrogen-bond acceptors (Lipinski definition) is 8. The summed E-state index contributed by atoms with van der Waals surface area (Å²) >= 11 is 1.37. The zero-order chi connectivity index (χ0) is 22.1. The van der Waals surface area contributed by atoms with Crippen molar-refractivity contribution in [1.29, 1.82) is 0 Å². The fourth-order valence-electron chi connectivity index (χ4n) is 3.27. The second kappa shape index (κ2) is 8.23. The molecule has 0 radical (unpaired) electrons. The summed E-state index contributed by atoms with van der Waals surface area (Å²) in [7, 11) is 3.23. The molecule has 1 aromatic carbocycles. The number of aromatic nitrogens is 5. The maximum absolute atomic E-state index is 11.9. The predicted octanol–water partition coefficient (Wildman–Crippen LogP) is 3.35. The Morgan fingerprint density at radius 2 is 2.03 bits per heavy atom. The number of thiophene rings is 1. The second-order valence-corrected chi connectivity index (χ2v) is 7.91. The van der Waals surface area contributed by atoms with Gasteiger partial charge in [0.15, 0.2) is 11.5 Å². The van der Waals surface area contributed by atoms with Crippen LogP contribution in [0.5, 0.6) is 11.5 Å². The van der Waals surface area contributed by atoms with Gasteiger partial charge in [-0.3, -0.25) is 9.78 Å². The monoisotopic (exact) mass is 446 g/mol. The SMILES string of the molecule is CNC(=O)c1ccc(-c2ccc3nnc(COc4ccnc5cc(OC)ccc45)n3n2)s1. The van der Waals surface area contributed by atoms with E-state index < -0.39 is 0 Å². The lowest BCUT2D eigenvalue weighted by molar-refractivity contribution is 0.0967. The van der Waals surface area contributed by atoms with Gasteiger partial charge >= 0.3 is 0 Å². The Labute approximate surface area is 186 Å². The van der Waals surface area contributed by atoms with Gasteiger partial charge < -0.3 is 14.8 Å². The summed E-state index contributed by atoms with van der Waals surface area (Å²) in [6.45, 7) is 0.177. The van der Waals surface area contributed by atoms with Crippen molar-refractivity contribution in [3.8, 4) is 22.1 Å². The smallest absolute Gasteiger partial charge is 0.261 e. The van der Waals surface area contributed by atoms with Crippen LogP contribution in [-0.4, -0.2) is 44.9 Å². The van der Waals surface area contributed by atoms with Gasteiger partial charge in [0, 0.05) is 24.7 Å². The van der Waals surface area contributed by atoms with Crippen LogP contribution >= 0.6 is 11.3 Å². The van der Waals surface area contributed by atoms with E-state index in [9.17, 15) is 4.79 Å². The molecule has 9 nitrogen and oxygen atoms in total. The summed E-state index contributed by atoms with van der Waals surface area (Å²) in [5, 5.41) is 16.6. The minimum absolute atomic E-state index is 0.122. The number of benzene rings is 1. The van der Waals surface area contributed by atoms with Gasteiger partial charge in [-0.2, -0.15) is 9.61 Å². The van der Waals surface area contributed by atoms with Crippen LogP contribution < -0.4 is 14.8 Å². The van der Waals surface area contributed by atoms with E-state index in [0.717, 1.165) is 27.2 Å². The number of carbonyl (C=O) groups is 1. The zero-order valence-corrected chi connectivity index (χ0v) is 18.1. The largest absolute Gasteiger partial charge is 0.497 e. The van der Waals surface area contributed by atoms with Crippen LogP contribution in [0.25, 0.3) is 27.1 Å². The minimum atomic E-state index is -0.122. The highest BCUT2D eigenvalue weighted by atomic mass is 32.1. The van der Waals surface area contributed by atoms with E-state index in [1.54, 1.807) is 30.9 Å².